The lowest BCUT2D eigenvalue weighted by Gasteiger charge is -2.13. The van der Waals surface area contributed by atoms with Crippen LogP contribution in [0.4, 0.5) is 0 Å². The van der Waals surface area contributed by atoms with Crippen LogP contribution < -0.4 is 5.32 Å². The van der Waals surface area contributed by atoms with E-state index >= 15 is 0 Å². The summed E-state index contributed by atoms with van der Waals surface area (Å²) in [6, 6.07) is 0. The number of aryl methyl sites for hydroxylation is 1. The number of hydrogen-bond donors (Lipinski definition) is 1. The molecule has 3 heteroatoms. The Balaban J connectivity index is 2.82. The summed E-state index contributed by atoms with van der Waals surface area (Å²) in [7, 11) is 1.98. The SMILES string of the molecule is CNCc1cnn(CCC(C)C)c1C(C)C. The highest BCUT2D eigenvalue weighted by molar-refractivity contribution is 5.20. The highest BCUT2D eigenvalue weighted by Crippen LogP contribution is 2.20. The van der Waals surface area contributed by atoms with E-state index in [9.17, 15) is 0 Å². The quantitative estimate of drug-likeness (QED) is 0.803. The highest BCUT2D eigenvalue weighted by atomic mass is 15.3. The molecule has 16 heavy (non-hydrogen) atoms. The Morgan fingerprint density at radius 1 is 1.31 bits per heavy atom. The minimum absolute atomic E-state index is 0.540. The lowest BCUT2D eigenvalue weighted by molar-refractivity contribution is 0.468. The number of aromatic nitrogens is 2. The van der Waals surface area contributed by atoms with Gasteiger partial charge in [-0.1, -0.05) is 27.7 Å². The van der Waals surface area contributed by atoms with Gasteiger partial charge in [0.15, 0.2) is 0 Å². The van der Waals surface area contributed by atoms with Crippen molar-refractivity contribution >= 4 is 0 Å². The molecule has 1 aromatic heterocycles. The van der Waals surface area contributed by atoms with Gasteiger partial charge >= 0.3 is 0 Å². The van der Waals surface area contributed by atoms with E-state index in [0.717, 1.165) is 19.0 Å². The summed E-state index contributed by atoms with van der Waals surface area (Å²) in [5.74, 6) is 1.27. The van der Waals surface area contributed by atoms with Crippen LogP contribution in [-0.4, -0.2) is 16.8 Å². The number of nitrogens with one attached hydrogen (secondary N) is 1. The van der Waals surface area contributed by atoms with Gasteiger partial charge in [-0.15, -0.1) is 0 Å². The molecule has 0 saturated carbocycles. The molecule has 0 fully saturated rings. The molecule has 1 aromatic rings. The summed E-state index contributed by atoms with van der Waals surface area (Å²) >= 11 is 0. The van der Waals surface area contributed by atoms with Crippen molar-refractivity contribution in [1.29, 1.82) is 0 Å². The van der Waals surface area contributed by atoms with Crippen LogP contribution in [0.2, 0.25) is 0 Å². The Kier molecular flexibility index (Phi) is 5.00. The largest absolute Gasteiger partial charge is 0.316 e. The van der Waals surface area contributed by atoms with E-state index in [2.05, 4.69) is 42.8 Å². The molecule has 0 atom stereocenters. The zero-order valence-electron chi connectivity index (χ0n) is 11.2. The molecule has 0 bridgehead atoms. The first-order valence-electron chi connectivity index (χ1n) is 6.25. The van der Waals surface area contributed by atoms with E-state index in [-0.39, 0.29) is 0 Å². The van der Waals surface area contributed by atoms with Crippen LogP contribution in [0.5, 0.6) is 0 Å². The standard InChI is InChI=1S/C13H25N3/c1-10(2)6-7-16-13(11(3)4)12(8-14-5)9-15-16/h9-11,14H,6-8H2,1-5H3. The van der Waals surface area contributed by atoms with Gasteiger partial charge in [-0.05, 0) is 25.3 Å². The van der Waals surface area contributed by atoms with Crippen LogP contribution in [0.3, 0.4) is 0 Å². The topological polar surface area (TPSA) is 29.9 Å². The zero-order valence-corrected chi connectivity index (χ0v) is 11.2. The smallest absolute Gasteiger partial charge is 0.0537 e. The molecule has 3 nitrogen and oxygen atoms in total. The van der Waals surface area contributed by atoms with Gasteiger partial charge in [-0.25, -0.2) is 0 Å². The van der Waals surface area contributed by atoms with Crippen molar-refractivity contribution in [2.75, 3.05) is 7.05 Å². The van der Waals surface area contributed by atoms with Crippen molar-refractivity contribution in [1.82, 2.24) is 15.1 Å². The molecule has 0 unspecified atom stereocenters. The second kappa shape index (κ2) is 6.04. The van der Waals surface area contributed by atoms with Crippen LogP contribution >= 0.6 is 0 Å². The van der Waals surface area contributed by atoms with Gasteiger partial charge in [0, 0.05) is 24.3 Å². The maximum absolute atomic E-state index is 4.50. The first-order valence-corrected chi connectivity index (χ1v) is 6.25. The summed E-state index contributed by atoms with van der Waals surface area (Å²) in [4.78, 5) is 0. The van der Waals surface area contributed by atoms with Gasteiger partial charge in [0.05, 0.1) is 6.20 Å². The van der Waals surface area contributed by atoms with Crippen molar-refractivity contribution in [3.8, 4) is 0 Å². The first-order chi connectivity index (χ1) is 7.56. The van der Waals surface area contributed by atoms with Crippen molar-refractivity contribution in [2.24, 2.45) is 5.92 Å². The Morgan fingerprint density at radius 2 is 2.00 bits per heavy atom. The lowest BCUT2D eigenvalue weighted by atomic mass is 10.1. The summed E-state index contributed by atoms with van der Waals surface area (Å²) in [5.41, 5.74) is 2.72. The molecule has 0 aliphatic carbocycles. The van der Waals surface area contributed by atoms with Gasteiger partial charge in [0.2, 0.25) is 0 Å². The molecule has 92 valence electrons. The molecular formula is C13H25N3. The number of rotatable bonds is 6. The Labute approximate surface area is 99.2 Å². The van der Waals surface area contributed by atoms with E-state index in [1.165, 1.54) is 17.7 Å². The van der Waals surface area contributed by atoms with Crippen LogP contribution in [0.25, 0.3) is 0 Å². The highest BCUT2D eigenvalue weighted by Gasteiger charge is 2.13. The van der Waals surface area contributed by atoms with E-state index in [0.29, 0.717) is 5.92 Å². The second-order valence-electron chi connectivity index (χ2n) is 5.15. The zero-order chi connectivity index (χ0) is 12.1. The summed E-state index contributed by atoms with van der Waals surface area (Å²) in [5, 5.41) is 7.71. The minimum Gasteiger partial charge on any atom is -0.316 e. The Morgan fingerprint density at radius 3 is 2.50 bits per heavy atom. The molecular weight excluding hydrogens is 198 g/mol. The third kappa shape index (κ3) is 3.34. The summed E-state index contributed by atoms with van der Waals surface area (Å²) in [6.07, 6.45) is 3.20. The number of nitrogens with zero attached hydrogens (tertiary/aromatic N) is 2. The van der Waals surface area contributed by atoms with Crippen molar-refractivity contribution in [3.63, 3.8) is 0 Å². The predicted molar refractivity (Wildman–Crippen MR) is 68.5 cm³/mol. The van der Waals surface area contributed by atoms with Crippen LogP contribution in [0.15, 0.2) is 6.20 Å². The molecule has 0 saturated heterocycles. The van der Waals surface area contributed by atoms with Crippen LogP contribution in [-0.2, 0) is 13.1 Å². The van der Waals surface area contributed by atoms with Crippen LogP contribution in [0.1, 0.15) is 51.3 Å². The minimum atomic E-state index is 0.540. The molecule has 1 N–H and O–H groups in total. The fraction of sp³-hybridized carbons (Fsp3) is 0.769. The van der Waals surface area contributed by atoms with Crippen LogP contribution in [0, 0.1) is 5.92 Å². The van der Waals surface area contributed by atoms with E-state index < -0.39 is 0 Å². The molecule has 0 radical (unpaired) electrons. The van der Waals surface area contributed by atoms with Gasteiger partial charge in [0.25, 0.3) is 0 Å². The molecule has 0 aromatic carbocycles. The third-order valence-electron chi connectivity index (χ3n) is 2.79. The molecule has 0 spiro atoms. The summed E-state index contributed by atoms with van der Waals surface area (Å²) < 4.78 is 2.18. The van der Waals surface area contributed by atoms with Crippen molar-refractivity contribution in [2.45, 2.75) is 53.1 Å². The monoisotopic (exact) mass is 223 g/mol. The molecule has 0 amide bonds. The van der Waals surface area contributed by atoms with Crippen molar-refractivity contribution in [3.05, 3.63) is 17.5 Å². The molecule has 0 aliphatic heterocycles. The molecule has 1 heterocycles. The first kappa shape index (κ1) is 13.2. The van der Waals surface area contributed by atoms with Crippen molar-refractivity contribution < 1.29 is 0 Å². The summed E-state index contributed by atoms with van der Waals surface area (Å²) in [6.45, 7) is 10.9. The molecule has 1 rings (SSSR count). The van der Waals surface area contributed by atoms with E-state index in [4.69, 9.17) is 0 Å². The Bertz CT molecular complexity index is 313. The van der Waals surface area contributed by atoms with E-state index in [1.807, 2.05) is 13.2 Å². The normalized spacial score (nSPS) is 11.7. The average Bonchev–Trinajstić information content (AvgIpc) is 2.58. The third-order valence-corrected chi connectivity index (χ3v) is 2.79. The van der Waals surface area contributed by atoms with Gasteiger partial charge in [-0.3, -0.25) is 4.68 Å². The van der Waals surface area contributed by atoms with E-state index in [1.54, 1.807) is 0 Å². The van der Waals surface area contributed by atoms with Gasteiger partial charge in [-0.2, -0.15) is 5.10 Å². The fourth-order valence-electron chi connectivity index (χ4n) is 1.99. The lowest BCUT2D eigenvalue weighted by Crippen LogP contribution is -2.12. The predicted octanol–water partition coefficient (Wildman–Crippen LogP) is 2.77. The Hall–Kier alpha value is -0.830. The number of hydrogen-bond acceptors (Lipinski definition) is 2. The maximum Gasteiger partial charge on any atom is 0.0537 e. The second-order valence-corrected chi connectivity index (χ2v) is 5.15. The molecule has 0 aliphatic rings. The van der Waals surface area contributed by atoms with Gasteiger partial charge < -0.3 is 5.32 Å². The van der Waals surface area contributed by atoms with Gasteiger partial charge in [0.1, 0.15) is 0 Å². The fourth-order valence-corrected chi connectivity index (χ4v) is 1.99. The maximum atomic E-state index is 4.50. The average molecular weight is 223 g/mol.